The van der Waals surface area contributed by atoms with Crippen LogP contribution in [0.4, 0.5) is 4.39 Å². The van der Waals surface area contributed by atoms with Crippen molar-refractivity contribution < 1.29 is 14.3 Å². The Morgan fingerprint density at radius 2 is 1.86 bits per heavy atom. The van der Waals surface area contributed by atoms with Crippen molar-refractivity contribution in [2.75, 3.05) is 7.05 Å². The summed E-state index contributed by atoms with van der Waals surface area (Å²) in [5, 5.41) is 9.04. The highest BCUT2D eigenvalue weighted by atomic mass is 19.1. The van der Waals surface area contributed by atoms with Crippen molar-refractivity contribution in [3.05, 3.63) is 29.1 Å². The number of hydrogen-bond donors (Lipinski definition) is 1. The van der Waals surface area contributed by atoms with Crippen molar-refractivity contribution in [3.63, 3.8) is 0 Å². The fourth-order valence-corrected chi connectivity index (χ4v) is 3.29. The van der Waals surface area contributed by atoms with Gasteiger partial charge in [-0.1, -0.05) is 52.0 Å². The average molecular weight is 307 g/mol. The molecule has 1 saturated carbocycles. The molecule has 0 unspecified atom stereocenters. The highest BCUT2D eigenvalue weighted by Gasteiger charge is 2.29. The Balaban J connectivity index is 0.000000172. The number of amides is 1. The Hall–Kier alpha value is -1.58. The number of carbonyl (C=O) groups is 1. The van der Waals surface area contributed by atoms with E-state index in [1.165, 1.54) is 43.1 Å². The first kappa shape index (κ1) is 16.8. The average Bonchev–Trinajstić information content (AvgIpc) is 2.80. The number of nitrogens with zero attached hydrogens (tertiary/aromatic N) is 1. The number of phenols is 1. The normalized spacial score (nSPS) is 18.2. The van der Waals surface area contributed by atoms with Crippen LogP contribution in [0.1, 0.15) is 61.9 Å². The van der Waals surface area contributed by atoms with E-state index >= 15 is 0 Å². The molecule has 4 heteroatoms. The van der Waals surface area contributed by atoms with Crippen molar-refractivity contribution >= 4 is 5.91 Å². The highest BCUT2D eigenvalue weighted by Crippen LogP contribution is 2.29. The quantitative estimate of drug-likeness (QED) is 0.838. The van der Waals surface area contributed by atoms with Gasteiger partial charge in [-0.15, -0.1) is 0 Å². The Bertz CT molecular complexity index is 536. The van der Waals surface area contributed by atoms with E-state index in [0.717, 1.165) is 11.8 Å². The standard InChI is InChI=1S/C9H8FNO2.C9H18/c1-11-4-5-2-3-6(12)8(10)7(5)9(11)13;1-8(2)9-6-4-3-5-7-9/h2-3,12H,4H2,1H3;8-9H,3-7H2,1-2H3. The second-order valence-corrected chi connectivity index (χ2v) is 6.74. The summed E-state index contributed by atoms with van der Waals surface area (Å²) in [5.74, 6) is 0.335. The lowest BCUT2D eigenvalue weighted by molar-refractivity contribution is 0.0812. The number of hydrogen-bond acceptors (Lipinski definition) is 2. The van der Waals surface area contributed by atoms with Crippen molar-refractivity contribution in [2.45, 2.75) is 52.5 Å². The van der Waals surface area contributed by atoms with E-state index in [4.69, 9.17) is 5.11 Å². The minimum atomic E-state index is -0.813. The van der Waals surface area contributed by atoms with Gasteiger partial charge < -0.3 is 10.0 Å². The smallest absolute Gasteiger partial charge is 0.257 e. The molecule has 1 aliphatic carbocycles. The molecule has 1 fully saturated rings. The summed E-state index contributed by atoms with van der Waals surface area (Å²) in [7, 11) is 1.60. The van der Waals surface area contributed by atoms with Crippen LogP contribution < -0.4 is 0 Å². The van der Waals surface area contributed by atoms with Gasteiger partial charge >= 0.3 is 0 Å². The van der Waals surface area contributed by atoms with Crippen molar-refractivity contribution in [1.29, 1.82) is 0 Å². The largest absolute Gasteiger partial charge is 0.505 e. The van der Waals surface area contributed by atoms with E-state index in [1.807, 2.05) is 0 Å². The lowest BCUT2D eigenvalue weighted by atomic mass is 9.82. The summed E-state index contributed by atoms with van der Waals surface area (Å²) in [4.78, 5) is 12.8. The lowest BCUT2D eigenvalue weighted by Crippen LogP contribution is -2.18. The molecule has 2 aliphatic rings. The van der Waals surface area contributed by atoms with Crippen LogP contribution in [-0.4, -0.2) is 23.0 Å². The van der Waals surface area contributed by atoms with E-state index in [2.05, 4.69) is 13.8 Å². The molecule has 3 nitrogen and oxygen atoms in total. The predicted octanol–water partition coefficient (Wildman–Crippen LogP) is 4.34. The number of benzene rings is 1. The summed E-state index contributed by atoms with van der Waals surface area (Å²) in [6.45, 7) is 5.12. The number of fused-ring (bicyclic) bond motifs is 1. The van der Waals surface area contributed by atoms with Crippen molar-refractivity contribution in [1.82, 2.24) is 4.90 Å². The second kappa shape index (κ2) is 7.12. The summed E-state index contributed by atoms with van der Waals surface area (Å²) in [5.41, 5.74) is 0.630. The lowest BCUT2D eigenvalue weighted by Gasteiger charge is -2.24. The number of aromatic hydroxyl groups is 1. The van der Waals surface area contributed by atoms with Crippen LogP contribution >= 0.6 is 0 Å². The number of halogens is 1. The monoisotopic (exact) mass is 307 g/mol. The van der Waals surface area contributed by atoms with Gasteiger partial charge in [0.2, 0.25) is 0 Å². The van der Waals surface area contributed by atoms with Crippen molar-refractivity contribution in [2.24, 2.45) is 11.8 Å². The third-order valence-corrected chi connectivity index (χ3v) is 4.77. The maximum absolute atomic E-state index is 13.2. The Kier molecular flexibility index (Phi) is 5.43. The minimum Gasteiger partial charge on any atom is -0.505 e. The van der Waals surface area contributed by atoms with Crippen LogP contribution in [0.3, 0.4) is 0 Å². The summed E-state index contributed by atoms with van der Waals surface area (Å²) >= 11 is 0. The van der Waals surface area contributed by atoms with Gasteiger partial charge in [-0.3, -0.25) is 4.79 Å². The number of carbonyl (C=O) groups excluding carboxylic acids is 1. The molecule has 1 aliphatic heterocycles. The number of rotatable bonds is 1. The maximum Gasteiger partial charge on any atom is 0.257 e. The molecule has 1 amide bonds. The van der Waals surface area contributed by atoms with Gasteiger partial charge in [-0.25, -0.2) is 4.39 Å². The second-order valence-electron chi connectivity index (χ2n) is 6.74. The van der Waals surface area contributed by atoms with Gasteiger partial charge in [-0.05, 0) is 23.5 Å². The molecule has 122 valence electrons. The fourth-order valence-electron chi connectivity index (χ4n) is 3.29. The minimum absolute atomic E-state index is 0.00231. The van der Waals surface area contributed by atoms with E-state index in [1.54, 1.807) is 13.1 Å². The first-order valence-corrected chi connectivity index (χ1v) is 8.17. The molecule has 1 N–H and O–H groups in total. The van der Waals surface area contributed by atoms with Gasteiger partial charge in [0.05, 0.1) is 5.56 Å². The van der Waals surface area contributed by atoms with E-state index in [0.29, 0.717) is 12.1 Å². The highest BCUT2D eigenvalue weighted by molar-refractivity contribution is 5.98. The Morgan fingerprint density at radius 1 is 1.23 bits per heavy atom. The molecule has 1 heterocycles. The molecule has 0 aromatic heterocycles. The molecule has 1 aromatic carbocycles. The molecule has 0 saturated heterocycles. The molecule has 0 bridgehead atoms. The third kappa shape index (κ3) is 3.60. The third-order valence-electron chi connectivity index (χ3n) is 4.77. The Labute approximate surface area is 132 Å². The number of phenolic OH excluding ortho intramolecular Hbond substituents is 1. The van der Waals surface area contributed by atoms with Crippen LogP contribution in [0.15, 0.2) is 12.1 Å². The van der Waals surface area contributed by atoms with Crippen LogP contribution in [0.2, 0.25) is 0 Å². The van der Waals surface area contributed by atoms with Gasteiger partial charge in [-0.2, -0.15) is 0 Å². The van der Waals surface area contributed by atoms with Crippen molar-refractivity contribution in [3.8, 4) is 5.75 Å². The van der Waals surface area contributed by atoms with Gasteiger partial charge in [0.15, 0.2) is 11.6 Å². The molecular weight excluding hydrogens is 281 g/mol. The molecule has 0 atom stereocenters. The molecule has 3 rings (SSSR count). The maximum atomic E-state index is 13.2. The predicted molar refractivity (Wildman–Crippen MR) is 85.3 cm³/mol. The SMILES string of the molecule is CC(C)C1CCCCC1.CN1Cc2ccc(O)c(F)c2C1=O. The van der Waals surface area contributed by atoms with E-state index < -0.39 is 11.6 Å². The van der Waals surface area contributed by atoms with Crippen LogP contribution in [0.25, 0.3) is 0 Å². The fraction of sp³-hybridized carbons (Fsp3) is 0.611. The molecule has 0 spiro atoms. The van der Waals surface area contributed by atoms with Crippen LogP contribution in [0, 0.1) is 17.7 Å². The molecule has 0 radical (unpaired) electrons. The topological polar surface area (TPSA) is 40.5 Å². The summed E-state index contributed by atoms with van der Waals surface area (Å²) in [6.07, 6.45) is 7.46. The first-order valence-electron chi connectivity index (χ1n) is 8.17. The summed E-state index contributed by atoms with van der Waals surface area (Å²) in [6, 6.07) is 2.83. The van der Waals surface area contributed by atoms with Gasteiger partial charge in [0, 0.05) is 13.6 Å². The molecular formula is C18H26FNO2. The van der Waals surface area contributed by atoms with Gasteiger partial charge in [0.1, 0.15) is 0 Å². The van der Waals surface area contributed by atoms with Crippen LogP contribution in [-0.2, 0) is 6.54 Å². The molecule has 22 heavy (non-hydrogen) atoms. The molecule has 1 aromatic rings. The zero-order valence-electron chi connectivity index (χ0n) is 13.7. The zero-order chi connectivity index (χ0) is 16.3. The van der Waals surface area contributed by atoms with E-state index in [-0.39, 0.29) is 11.5 Å². The van der Waals surface area contributed by atoms with Gasteiger partial charge in [0.25, 0.3) is 5.91 Å². The summed E-state index contributed by atoms with van der Waals surface area (Å²) < 4.78 is 13.2. The van der Waals surface area contributed by atoms with Crippen LogP contribution in [0.5, 0.6) is 5.75 Å². The Morgan fingerprint density at radius 3 is 2.41 bits per heavy atom. The first-order chi connectivity index (χ1) is 10.4. The zero-order valence-corrected chi connectivity index (χ0v) is 13.7. The van der Waals surface area contributed by atoms with E-state index in [9.17, 15) is 9.18 Å².